The molecule has 0 aliphatic carbocycles. The maximum Gasteiger partial charge on any atom is 0.123 e. The summed E-state index contributed by atoms with van der Waals surface area (Å²) in [5.74, 6) is 0.734. The highest BCUT2D eigenvalue weighted by Gasteiger charge is 2.26. The molecule has 0 amide bonds. The highest BCUT2D eigenvalue weighted by molar-refractivity contribution is 5.16. The van der Waals surface area contributed by atoms with Crippen molar-refractivity contribution in [2.24, 2.45) is 0 Å². The third kappa shape index (κ3) is 4.41. The Hall–Kier alpha value is -1.76. The summed E-state index contributed by atoms with van der Waals surface area (Å²) in [6.45, 7) is 6.62. The van der Waals surface area contributed by atoms with E-state index in [1.807, 2.05) is 25.3 Å². The number of nitrogens with one attached hydrogen (secondary N) is 1. The molecule has 0 unspecified atom stereocenters. The number of H-pyrrole nitrogens is 1. The third-order valence-corrected chi connectivity index (χ3v) is 4.60. The van der Waals surface area contributed by atoms with Gasteiger partial charge in [-0.15, -0.1) is 0 Å². The molecule has 2 N–H and O–H groups in total. The average molecular weight is 332 g/mol. The van der Waals surface area contributed by atoms with Crippen molar-refractivity contribution < 1.29 is 9.50 Å². The molecule has 1 aromatic carbocycles. The molecule has 1 fully saturated rings. The molecule has 5 nitrogen and oxygen atoms in total. The van der Waals surface area contributed by atoms with E-state index in [9.17, 15) is 9.50 Å². The van der Waals surface area contributed by atoms with E-state index in [4.69, 9.17) is 0 Å². The molecule has 2 aromatic rings. The van der Waals surface area contributed by atoms with Gasteiger partial charge in [-0.05, 0) is 31.0 Å². The summed E-state index contributed by atoms with van der Waals surface area (Å²) in [4.78, 5) is 12.3. The molecule has 24 heavy (non-hydrogen) atoms. The van der Waals surface area contributed by atoms with Crippen LogP contribution in [0, 0.1) is 12.7 Å². The van der Waals surface area contributed by atoms with Crippen LogP contribution in [0.3, 0.4) is 0 Å². The largest absolute Gasteiger partial charge is 0.396 e. The fraction of sp³-hybridized carbons (Fsp3) is 0.500. The van der Waals surface area contributed by atoms with E-state index in [1.165, 1.54) is 12.1 Å². The molecule has 1 aliphatic heterocycles. The van der Waals surface area contributed by atoms with Gasteiger partial charge in [0, 0.05) is 57.3 Å². The molecule has 1 aromatic heterocycles. The van der Waals surface area contributed by atoms with Crippen molar-refractivity contribution in [1.29, 1.82) is 0 Å². The lowest BCUT2D eigenvalue weighted by Crippen LogP contribution is -2.52. The molecule has 3 rings (SSSR count). The number of aliphatic hydroxyl groups is 1. The molecule has 2 heterocycles. The van der Waals surface area contributed by atoms with Crippen molar-refractivity contribution in [3.8, 4) is 0 Å². The number of hydrogen-bond donors (Lipinski definition) is 2. The number of aliphatic hydroxyl groups excluding tert-OH is 1. The van der Waals surface area contributed by atoms with Crippen LogP contribution in [0.4, 0.5) is 4.39 Å². The van der Waals surface area contributed by atoms with Crippen LogP contribution in [0.1, 0.15) is 23.5 Å². The van der Waals surface area contributed by atoms with E-state index < -0.39 is 0 Å². The van der Waals surface area contributed by atoms with Crippen LogP contribution in [-0.4, -0.2) is 57.2 Å². The van der Waals surface area contributed by atoms with Gasteiger partial charge in [0.15, 0.2) is 0 Å². The highest BCUT2D eigenvalue weighted by atomic mass is 19.1. The van der Waals surface area contributed by atoms with Crippen LogP contribution < -0.4 is 0 Å². The number of halogens is 1. The number of aromatic amines is 1. The number of aryl methyl sites for hydroxylation is 1. The lowest BCUT2D eigenvalue weighted by atomic mass is 10.1. The molecule has 1 saturated heterocycles. The number of rotatable bonds is 6. The molecule has 6 heteroatoms. The van der Waals surface area contributed by atoms with Gasteiger partial charge in [0.1, 0.15) is 11.6 Å². The molecule has 0 spiro atoms. The molecule has 0 bridgehead atoms. The van der Waals surface area contributed by atoms with Crippen molar-refractivity contribution in [2.45, 2.75) is 32.5 Å². The van der Waals surface area contributed by atoms with Gasteiger partial charge >= 0.3 is 0 Å². The summed E-state index contributed by atoms with van der Waals surface area (Å²) in [6.07, 6.45) is 2.64. The number of aromatic nitrogens is 2. The Kier molecular flexibility index (Phi) is 5.60. The molecule has 0 radical (unpaired) electrons. The van der Waals surface area contributed by atoms with E-state index >= 15 is 0 Å². The van der Waals surface area contributed by atoms with Gasteiger partial charge in [0.05, 0.1) is 0 Å². The first-order chi connectivity index (χ1) is 11.6. The summed E-state index contributed by atoms with van der Waals surface area (Å²) in [5, 5.41) is 9.41. The first-order valence-corrected chi connectivity index (χ1v) is 8.46. The number of benzene rings is 1. The number of piperazine rings is 1. The second kappa shape index (κ2) is 7.88. The first kappa shape index (κ1) is 17.1. The Labute approximate surface area is 142 Å². The Bertz CT molecular complexity index is 643. The van der Waals surface area contributed by atoms with Crippen LogP contribution in [0.25, 0.3) is 0 Å². The van der Waals surface area contributed by atoms with Gasteiger partial charge in [0.2, 0.25) is 0 Å². The summed E-state index contributed by atoms with van der Waals surface area (Å²) in [5.41, 5.74) is 2.24. The smallest absolute Gasteiger partial charge is 0.123 e. The van der Waals surface area contributed by atoms with E-state index in [0.717, 1.165) is 56.2 Å². The lowest BCUT2D eigenvalue weighted by molar-refractivity contribution is 0.0494. The van der Waals surface area contributed by atoms with Crippen molar-refractivity contribution in [3.05, 3.63) is 53.4 Å². The Morgan fingerprint density at radius 2 is 2.04 bits per heavy atom. The predicted octanol–water partition coefficient (Wildman–Crippen LogP) is 1.93. The predicted molar refractivity (Wildman–Crippen MR) is 90.9 cm³/mol. The summed E-state index contributed by atoms with van der Waals surface area (Å²) >= 11 is 0. The van der Waals surface area contributed by atoms with Crippen LogP contribution in [0.5, 0.6) is 0 Å². The van der Waals surface area contributed by atoms with E-state index in [1.54, 1.807) is 0 Å². The van der Waals surface area contributed by atoms with Crippen molar-refractivity contribution in [1.82, 2.24) is 19.8 Å². The highest BCUT2D eigenvalue weighted by Crippen LogP contribution is 2.18. The Balaban J connectivity index is 1.61. The zero-order valence-electron chi connectivity index (χ0n) is 14.1. The van der Waals surface area contributed by atoms with Gasteiger partial charge in [-0.3, -0.25) is 9.80 Å². The van der Waals surface area contributed by atoms with Crippen molar-refractivity contribution >= 4 is 0 Å². The molecule has 130 valence electrons. The average Bonchev–Trinajstić information content (AvgIpc) is 2.97. The molecular formula is C18H25FN4O. The minimum absolute atomic E-state index is 0.182. The maximum absolute atomic E-state index is 13.1. The topological polar surface area (TPSA) is 55.4 Å². The van der Waals surface area contributed by atoms with Crippen LogP contribution >= 0.6 is 0 Å². The number of hydrogen-bond acceptors (Lipinski definition) is 4. The van der Waals surface area contributed by atoms with Crippen LogP contribution in [-0.2, 0) is 13.1 Å². The molecule has 1 aliphatic rings. The van der Waals surface area contributed by atoms with Crippen LogP contribution in [0.15, 0.2) is 30.5 Å². The fourth-order valence-corrected chi connectivity index (χ4v) is 3.35. The second-order valence-corrected chi connectivity index (χ2v) is 6.49. The van der Waals surface area contributed by atoms with Gasteiger partial charge in [-0.25, -0.2) is 9.37 Å². The molecular weight excluding hydrogens is 307 g/mol. The minimum Gasteiger partial charge on any atom is -0.396 e. The zero-order chi connectivity index (χ0) is 16.9. The van der Waals surface area contributed by atoms with Crippen LogP contribution in [0.2, 0.25) is 0 Å². The Morgan fingerprint density at radius 1 is 1.25 bits per heavy atom. The number of imidazole rings is 1. The second-order valence-electron chi connectivity index (χ2n) is 6.49. The minimum atomic E-state index is -0.203. The molecule has 1 atom stereocenters. The van der Waals surface area contributed by atoms with E-state index in [0.29, 0.717) is 6.04 Å². The third-order valence-electron chi connectivity index (χ3n) is 4.60. The SMILES string of the molecule is Cc1ncc(CN2CCN(Cc3ccc(F)cc3)[C@H](CCO)C2)[nH]1. The summed E-state index contributed by atoms with van der Waals surface area (Å²) in [7, 11) is 0. The zero-order valence-corrected chi connectivity index (χ0v) is 14.1. The standard InChI is InChI=1S/C18H25FN4O/c1-14-20-10-17(21-14)12-22-7-8-23(18(13-22)6-9-24)11-15-2-4-16(19)5-3-15/h2-5,10,18,24H,6-9,11-13H2,1H3,(H,20,21)/t18-/m1/s1. The number of nitrogens with zero attached hydrogens (tertiary/aromatic N) is 3. The van der Waals surface area contributed by atoms with Gasteiger partial charge in [0.25, 0.3) is 0 Å². The van der Waals surface area contributed by atoms with Crippen molar-refractivity contribution in [3.63, 3.8) is 0 Å². The summed E-state index contributed by atoms with van der Waals surface area (Å²) in [6, 6.07) is 6.99. The Morgan fingerprint density at radius 3 is 2.71 bits per heavy atom. The van der Waals surface area contributed by atoms with Gasteiger partial charge in [-0.1, -0.05) is 12.1 Å². The molecule has 0 saturated carbocycles. The first-order valence-electron chi connectivity index (χ1n) is 8.46. The fourth-order valence-electron chi connectivity index (χ4n) is 3.35. The summed E-state index contributed by atoms with van der Waals surface area (Å²) < 4.78 is 13.1. The van der Waals surface area contributed by atoms with E-state index in [-0.39, 0.29) is 12.4 Å². The van der Waals surface area contributed by atoms with E-state index in [2.05, 4.69) is 19.8 Å². The van der Waals surface area contributed by atoms with Gasteiger partial charge in [-0.2, -0.15) is 0 Å². The van der Waals surface area contributed by atoms with Crippen molar-refractivity contribution in [2.75, 3.05) is 26.2 Å². The quantitative estimate of drug-likeness (QED) is 0.849. The monoisotopic (exact) mass is 332 g/mol. The van der Waals surface area contributed by atoms with Gasteiger partial charge < -0.3 is 10.1 Å². The normalized spacial score (nSPS) is 19.7. The lowest BCUT2D eigenvalue weighted by Gasteiger charge is -2.41. The maximum atomic E-state index is 13.1.